The van der Waals surface area contributed by atoms with Gasteiger partial charge in [-0.15, -0.1) is 0 Å². The zero-order chi connectivity index (χ0) is 6.28. The molecule has 0 aromatic rings. The number of rotatable bonds is 0. The van der Waals surface area contributed by atoms with Crippen LogP contribution < -0.4 is 0 Å². The van der Waals surface area contributed by atoms with Crippen LogP contribution in [0, 0.1) is 0 Å². The van der Waals surface area contributed by atoms with E-state index in [9.17, 15) is 8.78 Å². The van der Waals surface area contributed by atoms with Gasteiger partial charge in [0.2, 0.25) is 0 Å². The Balaban J connectivity index is 0. The molecule has 0 aliphatic heterocycles. The van der Waals surface area contributed by atoms with Crippen LogP contribution in [0.25, 0.3) is 0 Å². The summed E-state index contributed by atoms with van der Waals surface area (Å²) in [5, 5.41) is 0. The molecule has 0 aliphatic rings. The van der Waals surface area contributed by atoms with E-state index in [2.05, 4.69) is 0 Å². The number of alkyl halides is 1. The first-order chi connectivity index (χ1) is 3.15. The first kappa shape index (κ1) is 9.73. The van der Waals surface area contributed by atoms with Crippen molar-refractivity contribution in [1.82, 2.24) is 0 Å². The average Bonchev–Trinajstić information content (AvgIpc) is 1.33. The van der Waals surface area contributed by atoms with E-state index in [1.807, 2.05) is 0 Å². The average molecular weight is 110 g/mol. The van der Waals surface area contributed by atoms with Gasteiger partial charge in [-0.1, -0.05) is 0 Å². The Morgan fingerprint density at radius 2 is 1.71 bits per heavy atom. The van der Waals surface area contributed by atoms with Crippen molar-refractivity contribution in [2.24, 2.45) is 0 Å². The monoisotopic (exact) mass is 110 g/mol. The maximum atomic E-state index is 10.4. The van der Waals surface area contributed by atoms with Crippen LogP contribution in [0.1, 0.15) is 13.8 Å². The Morgan fingerprint density at radius 1 is 1.71 bits per heavy atom. The van der Waals surface area contributed by atoms with Gasteiger partial charge in [0.15, 0.2) is 0 Å². The maximum absolute atomic E-state index is 10.4. The van der Waals surface area contributed by atoms with E-state index in [-0.39, 0.29) is 6.67 Å². The molecule has 0 saturated carbocycles. The van der Waals surface area contributed by atoms with Gasteiger partial charge in [0, 0.05) is 6.92 Å². The van der Waals surface area contributed by atoms with Crippen LogP contribution >= 0.6 is 0 Å². The molecular formula is C4H8F2O. The number of carbonyl (C=O) groups excluding carboxylic acids is 1. The third kappa shape index (κ3) is 312. The van der Waals surface area contributed by atoms with Crippen molar-refractivity contribution in [3.63, 3.8) is 0 Å². The highest BCUT2D eigenvalue weighted by Crippen LogP contribution is 1.58. The highest BCUT2D eigenvalue weighted by molar-refractivity contribution is 5.64. The van der Waals surface area contributed by atoms with Crippen molar-refractivity contribution in [1.29, 1.82) is 0 Å². The van der Waals surface area contributed by atoms with Gasteiger partial charge in [0.25, 0.3) is 6.04 Å². The second kappa shape index (κ2) is 9.11. The molecule has 0 atom stereocenters. The summed E-state index contributed by atoms with van der Waals surface area (Å²) in [4.78, 5) is 8.78. The lowest BCUT2D eigenvalue weighted by Crippen LogP contribution is -1.65. The standard InChI is InChI=1S/C2H3FO.C2H5F/c1-2(3)4;1-2-3/h1H3;2H2,1H3. The van der Waals surface area contributed by atoms with Crippen molar-refractivity contribution in [3.8, 4) is 0 Å². The number of halogens is 2. The summed E-state index contributed by atoms with van der Waals surface area (Å²) in [5.74, 6) is 0. The normalized spacial score (nSPS) is 6.29. The van der Waals surface area contributed by atoms with Crippen LogP contribution in [0.4, 0.5) is 8.78 Å². The molecule has 0 aromatic heterocycles. The molecule has 0 saturated heterocycles. The highest BCUT2D eigenvalue weighted by atomic mass is 19.1. The van der Waals surface area contributed by atoms with Crippen LogP contribution in [0.5, 0.6) is 0 Å². The lowest BCUT2D eigenvalue weighted by molar-refractivity contribution is -0.126. The Kier molecular flexibility index (Phi) is 12.7. The van der Waals surface area contributed by atoms with Crippen LogP contribution in [-0.4, -0.2) is 12.7 Å². The fourth-order valence-corrected chi connectivity index (χ4v) is 0. The maximum Gasteiger partial charge on any atom is 0.298 e. The van der Waals surface area contributed by atoms with Gasteiger partial charge in [0.05, 0.1) is 6.67 Å². The van der Waals surface area contributed by atoms with Crippen molar-refractivity contribution in [2.45, 2.75) is 13.8 Å². The van der Waals surface area contributed by atoms with Crippen LogP contribution in [-0.2, 0) is 4.79 Å². The molecule has 0 spiro atoms. The Morgan fingerprint density at radius 3 is 1.71 bits per heavy atom. The van der Waals surface area contributed by atoms with Gasteiger partial charge in [-0.3, -0.25) is 9.18 Å². The van der Waals surface area contributed by atoms with Crippen molar-refractivity contribution >= 4 is 6.04 Å². The summed E-state index contributed by atoms with van der Waals surface area (Å²) in [6, 6.07) is -1.33. The molecule has 0 unspecified atom stereocenters. The van der Waals surface area contributed by atoms with Gasteiger partial charge in [-0.25, -0.2) is 0 Å². The molecule has 1 nitrogen and oxygen atoms in total. The SMILES string of the molecule is CC(=O)F.CCF. The van der Waals surface area contributed by atoms with Gasteiger partial charge < -0.3 is 0 Å². The van der Waals surface area contributed by atoms with E-state index in [1.54, 1.807) is 0 Å². The minimum absolute atomic E-state index is 0.250. The van der Waals surface area contributed by atoms with Crippen LogP contribution in [0.3, 0.4) is 0 Å². The predicted octanol–water partition coefficient (Wildman–Crippen LogP) is 1.48. The number of carbonyl (C=O) groups is 1. The Hall–Kier alpha value is -0.470. The van der Waals surface area contributed by atoms with Gasteiger partial charge in [0.1, 0.15) is 0 Å². The molecule has 0 heterocycles. The summed E-state index contributed by atoms with van der Waals surface area (Å²) >= 11 is 0. The molecule has 0 fully saturated rings. The summed E-state index contributed by atoms with van der Waals surface area (Å²) in [7, 11) is 0. The molecule has 0 aliphatic carbocycles. The molecule has 7 heavy (non-hydrogen) atoms. The number of hydrogen-bond donors (Lipinski definition) is 0. The molecule has 0 rings (SSSR count). The minimum atomic E-state index is -1.33. The molecular weight excluding hydrogens is 102 g/mol. The fourth-order valence-electron chi connectivity index (χ4n) is 0. The smallest absolute Gasteiger partial charge is 0.262 e. The first-order valence-electron chi connectivity index (χ1n) is 1.87. The van der Waals surface area contributed by atoms with Crippen molar-refractivity contribution in [2.75, 3.05) is 6.67 Å². The van der Waals surface area contributed by atoms with E-state index < -0.39 is 6.04 Å². The fraction of sp³-hybridized carbons (Fsp3) is 0.750. The first-order valence-corrected chi connectivity index (χ1v) is 1.87. The van der Waals surface area contributed by atoms with E-state index in [0.717, 1.165) is 6.92 Å². The molecule has 0 amide bonds. The van der Waals surface area contributed by atoms with Crippen molar-refractivity contribution < 1.29 is 13.6 Å². The van der Waals surface area contributed by atoms with E-state index in [0.29, 0.717) is 0 Å². The molecule has 3 heteroatoms. The largest absolute Gasteiger partial charge is 0.298 e. The lowest BCUT2D eigenvalue weighted by atomic mass is 10.9. The van der Waals surface area contributed by atoms with Gasteiger partial charge in [-0.2, -0.15) is 4.39 Å². The summed E-state index contributed by atoms with van der Waals surface area (Å²) in [6.07, 6.45) is 0. The predicted molar refractivity (Wildman–Crippen MR) is 23.4 cm³/mol. The van der Waals surface area contributed by atoms with Crippen LogP contribution in [0.2, 0.25) is 0 Å². The van der Waals surface area contributed by atoms with Crippen molar-refractivity contribution in [3.05, 3.63) is 0 Å². The molecule has 0 N–H and O–H groups in total. The third-order valence-corrected chi connectivity index (χ3v) is 0. The van der Waals surface area contributed by atoms with Gasteiger partial charge >= 0.3 is 0 Å². The van der Waals surface area contributed by atoms with E-state index in [1.165, 1.54) is 6.92 Å². The van der Waals surface area contributed by atoms with Gasteiger partial charge in [-0.05, 0) is 6.92 Å². The molecule has 0 radical (unpaired) electrons. The zero-order valence-electron chi connectivity index (χ0n) is 4.37. The zero-order valence-corrected chi connectivity index (χ0v) is 4.37. The Bertz CT molecular complexity index is 41.0. The van der Waals surface area contributed by atoms with E-state index >= 15 is 0 Å². The second-order valence-corrected chi connectivity index (χ2v) is 0.738. The third-order valence-electron chi connectivity index (χ3n) is 0. The second-order valence-electron chi connectivity index (χ2n) is 0.738. The minimum Gasteiger partial charge on any atom is -0.262 e. The summed E-state index contributed by atoms with van der Waals surface area (Å²) in [5.41, 5.74) is 0. The molecule has 0 bridgehead atoms. The summed E-state index contributed by atoms with van der Waals surface area (Å²) in [6.45, 7) is 2.07. The lowest BCUT2D eigenvalue weighted by Gasteiger charge is -1.50. The quantitative estimate of drug-likeness (QED) is 0.431. The topological polar surface area (TPSA) is 17.1 Å². The highest BCUT2D eigenvalue weighted by Gasteiger charge is 1.69. The van der Waals surface area contributed by atoms with E-state index in [4.69, 9.17) is 4.79 Å². The summed E-state index contributed by atoms with van der Waals surface area (Å²) < 4.78 is 20.7. The molecule has 0 aromatic carbocycles. The molecule has 44 valence electrons. The number of hydrogen-bond acceptors (Lipinski definition) is 1. The Labute approximate surface area is 41.3 Å². The van der Waals surface area contributed by atoms with Crippen LogP contribution in [0.15, 0.2) is 0 Å².